The van der Waals surface area contributed by atoms with Gasteiger partial charge in [0.25, 0.3) is 0 Å². The predicted octanol–water partition coefficient (Wildman–Crippen LogP) is 3.53. The number of hydrogen-bond donors (Lipinski definition) is 0. The van der Waals surface area contributed by atoms with Crippen molar-refractivity contribution in [3.8, 4) is 0 Å². The molecule has 1 atom stereocenters. The van der Waals surface area contributed by atoms with Crippen LogP contribution in [0.2, 0.25) is 5.02 Å². The molecule has 0 spiro atoms. The lowest BCUT2D eigenvalue weighted by Gasteiger charge is -2.01. The van der Waals surface area contributed by atoms with Crippen LogP contribution in [0.4, 0.5) is 0 Å². The van der Waals surface area contributed by atoms with Gasteiger partial charge in [0, 0.05) is 11.6 Å². The highest BCUT2D eigenvalue weighted by Gasteiger charge is 2.10. The summed E-state index contributed by atoms with van der Waals surface area (Å²) in [6, 6.07) is 7.83. The molecule has 0 amide bonds. The van der Waals surface area contributed by atoms with E-state index in [2.05, 4.69) is 12.2 Å². The van der Waals surface area contributed by atoms with Gasteiger partial charge in [-0.25, -0.2) is 0 Å². The van der Waals surface area contributed by atoms with Crippen molar-refractivity contribution in [2.45, 2.75) is 18.9 Å². The van der Waals surface area contributed by atoms with Crippen molar-refractivity contribution in [2.75, 3.05) is 6.61 Å². The van der Waals surface area contributed by atoms with Crippen LogP contribution in [0, 0.1) is 0 Å². The highest BCUT2D eigenvalue weighted by Crippen LogP contribution is 2.16. The van der Waals surface area contributed by atoms with E-state index in [0.717, 1.165) is 23.6 Å². The van der Waals surface area contributed by atoms with E-state index in [1.165, 1.54) is 6.42 Å². The Balaban J connectivity index is 2.02. The van der Waals surface area contributed by atoms with Gasteiger partial charge in [-0.3, -0.25) is 0 Å². The zero-order chi connectivity index (χ0) is 9.80. The molecule has 0 N–H and O–H groups in total. The van der Waals surface area contributed by atoms with E-state index >= 15 is 0 Å². The number of benzene rings is 1. The second kappa shape index (κ2) is 4.63. The first-order chi connectivity index (χ1) is 6.84. The summed E-state index contributed by atoms with van der Waals surface area (Å²) in [4.78, 5) is 0. The van der Waals surface area contributed by atoms with Crippen LogP contribution >= 0.6 is 11.6 Å². The average Bonchev–Trinajstić information content (AvgIpc) is 2.67. The molecule has 0 saturated carbocycles. The van der Waals surface area contributed by atoms with Gasteiger partial charge >= 0.3 is 0 Å². The van der Waals surface area contributed by atoms with E-state index in [4.69, 9.17) is 16.3 Å². The van der Waals surface area contributed by atoms with Gasteiger partial charge < -0.3 is 4.74 Å². The van der Waals surface area contributed by atoms with Gasteiger partial charge in [-0.15, -0.1) is 0 Å². The summed E-state index contributed by atoms with van der Waals surface area (Å²) in [7, 11) is 0. The molecule has 2 heteroatoms. The summed E-state index contributed by atoms with van der Waals surface area (Å²) in [6.07, 6.45) is 6.79. The van der Waals surface area contributed by atoms with Gasteiger partial charge in [-0.05, 0) is 30.5 Å². The minimum atomic E-state index is 0.300. The zero-order valence-electron chi connectivity index (χ0n) is 7.95. The fraction of sp³-hybridized carbons (Fsp3) is 0.333. The van der Waals surface area contributed by atoms with Crippen LogP contribution in [0.3, 0.4) is 0 Å². The molecule has 1 aromatic carbocycles. The Hall–Kier alpha value is -0.790. The number of rotatable bonds is 2. The molecular weight excluding hydrogens is 196 g/mol. The SMILES string of the molecule is Clc1cccc(/C=C\[C@@H]2CCCO2)c1. The van der Waals surface area contributed by atoms with E-state index in [0.29, 0.717) is 6.10 Å². The summed E-state index contributed by atoms with van der Waals surface area (Å²) in [6.45, 7) is 0.893. The fourth-order valence-electron chi connectivity index (χ4n) is 1.58. The maximum absolute atomic E-state index is 5.88. The molecule has 74 valence electrons. The third kappa shape index (κ3) is 2.60. The summed E-state index contributed by atoms with van der Waals surface area (Å²) in [5, 5.41) is 0.777. The molecule has 14 heavy (non-hydrogen) atoms. The molecule has 0 aliphatic carbocycles. The van der Waals surface area contributed by atoms with Crippen molar-refractivity contribution >= 4 is 17.7 Å². The van der Waals surface area contributed by atoms with Gasteiger partial charge in [-0.2, -0.15) is 0 Å². The Bertz CT molecular complexity index is 327. The van der Waals surface area contributed by atoms with Crippen LogP contribution in [-0.2, 0) is 4.74 Å². The van der Waals surface area contributed by atoms with Crippen molar-refractivity contribution < 1.29 is 4.74 Å². The lowest BCUT2D eigenvalue weighted by molar-refractivity contribution is 0.146. The summed E-state index contributed by atoms with van der Waals surface area (Å²) in [5.41, 5.74) is 1.13. The normalized spacial score (nSPS) is 21.9. The Morgan fingerprint density at radius 1 is 1.43 bits per heavy atom. The molecule has 0 bridgehead atoms. The van der Waals surface area contributed by atoms with Crippen LogP contribution in [0.25, 0.3) is 6.08 Å². The second-order valence-electron chi connectivity index (χ2n) is 3.47. The quantitative estimate of drug-likeness (QED) is 0.723. The Kier molecular flexibility index (Phi) is 3.22. The fourth-order valence-corrected chi connectivity index (χ4v) is 1.78. The molecule has 1 aliphatic heterocycles. The van der Waals surface area contributed by atoms with E-state index in [-0.39, 0.29) is 0 Å². The second-order valence-corrected chi connectivity index (χ2v) is 3.90. The largest absolute Gasteiger partial charge is 0.374 e. The Morgan fingerprint density at radius 2 is 2.36 bits per heavy atom. The lowest BCUT2D eigenvalue weighted by atomic mass is 10.1. The van der Waals surface area contributed by atoms with Crippen LogP contribution in [0.5, 0.6) is 0 Å². The minimum Gasteiger partial charge on any atom is -0.374 e. The number of ether oxygens (including phenoxy) is 1. The van der Waals surface area contributed by atoms with Gasteiger partial charge in [-0.1, -0.05) is 35.9 Å². The van der Waals surface area contributed by atoms with E-state index in [9.17, 15) is 0 Å². The summed E-state index contributed by atoms with van der Waals surface area (Å²) < 4.78 is 5.49. The van der Waals surface area contributed by atoms with Crippen molar-refractivity contribution in [1.82, 2.24) is 0 Å². The highest BCUT2D eigenvalue weighted by atomic mass is 35.5. The molecule has 2 rings (SSSR count). The maximum atomic E-state index is 5.88. The molecule has 1 heterocycles. The molecule has 1 fully saturated rings. The van der Waals surface area contributed by atoms with Crippen LogP contribution in [0.15, 0.2) is 30.3 Å². The van der Waals surface area contributed by atoms with Crippen LogP contribution in [-0.4, -0.2) is 12.7 Å². The molecule has 1 aromatic rings. The zero-order valence-corrected chi connectivity index (χ0v) is 8.70. The highest BCUT2D eigenvalue weighted by molar-refractivity contribution is 6.30. The van der Waals surface area contributed by atoms with Crippen molar-refractivity contribution in [3.63, 3.8) is 0 Å². The van der Waals surface area contributed by atoms with Crippen LogP contribution < -0.4 is 0 Å². The number of halogens is 1. The maximum Gasteiger partial charge on any atom is 0.0759 e. The molecule has 1 aliphatic rings. The van der Waals surface area contributed by atoms with Crippen molar-refractivity contribution in [3.05, 3.63) is 40.9 Å². The molecule has 0 radical (unpaired) electrons. The number of hydrogen-bond acceptors (Lipinski definition) is 1. The third-order valence-electron chi connectivity index (χ3n) is 2.32. The monoisotopic (exact) mass is 208 g/mol. The summed E-state index contributed by atoms with van der Waals surface area (Å²) >= 11 is 5.88. The third-order valence-corrected chi connectivity index (χ3v) is 2.55. The van der Waals surface area contributed by atoms with E-state index < -0.39 is 0 Å². The minimum absolute atomic E-state index is 0.300. The van der Waals surface area contributed by atoms with Crippen LogP contribution in [0.1, 0.15) is 18.4 Å². The van der Waals surface area contributed by atoms with Crippen molar-refractivity contribution in [2.24, 2.45) is 0 Å². The van der Waals surface area contributed by atoms with E-state index in [1.54, 1.807) is 0 Å². The van der Waals surface area contributed by atoms with E-state index in [1.807, 2.05) is 24.3 Å². The van der Waals surface area contributed by atoms with Gasteiger partial charge in [0.15, 0.2) is 0 Å². The molecule has 1 saturated heterocycles. The van der Waals surface area contributed by atoms with Gasteiger partial charge in [0.1, 0.15) is 0 Å². The molecule has 0 unspecified atom stereocenters. The first-order valence-electron chi connectivity index (χ1n) is 4.90. The lowest BCUT2D eigenvalue weighted by Crippen LogP contribution is -1.98. The Labute approximate surface area is 89.3 Å². The molecule has 0 aromatic heterocycles. The first-order valence-corrected chi connectivity index (χ1v) is 5.28. The average molecular weight is 209 g/mol. The first kappa shape index (κ1) is 9.75. The Morgan fingerprint density at radius 3 is 3.07 bits per heavy atom. The molecule has 1 nitrogen and oxygen atoms in total. The topological polar surface area (TPSA) is 9.23 Å². The van der Waals surface area contributed by atoms with Gasteiger partial charge in [0.2, 0.25) is 0 Å². The van der Waals surface area contributed by atoms with Gasteiger partial charge in [0.05, 0.1) is 6.10 Å². The summed E-state index contributed by atoms with van der Waals surface area (Å²) in [5.74, 6) is 0. The predicted molar refractivity (Wildman–Crippen MR) is 59.5 cm³/mol. The molecular formula is C12H13ClO. The standard InChI is InChI=1S/C12H13ClO/c13-11-4-1-3-10(9-11)6-7-12-5-2-8-14-12/h1,3-4,6-7,9,12H,2,5,8H2/b7-6-/t12-/m0/s1. The smallest absolute Gasteiger partial charge is 0.0759 e. The van der Waals surface area contributed by atoms with Crippen molar-refractivity contribution in [1.29, 1.82) is 0 Å².